The molecule has 0 unspecified atom stereocenters. The number of aromatic nitrogens is 1. The number of rotatable bonds is 3. The molecule has 0 aliphatic rings. The van der Waals surface area contributed by atoms with Gasteiger partial charge >= 0.3 is 11.6 Å². The third-order valence-corrected chi connectivity index (χ3v) is 2.99. The van der Waals surface area contributed by atoms with E-state index in [9.17, 15) is 14.7 Å². The van der Waals surface area contributed by atoms with Gasteiger partial charge in [-0.3, -0.25) is 0 Å². The van der Waals surface area contributed by atoms with Crippen molar-refractivity contribution in [2.45, 2.75) is 6.61 Å². The largest absolute Gasteiger partial charge is 0.508 e. The van der Waals surface area contributed by atoms with E-state index in [1.807, 2.05) is 0 Å². The van der Waals surface area contributed by atoms with Gasteiger partial charge < -0.3 is 19.2 Å². The first-order chi connectivity index (χ1) is 10.1. The van der Waals surface area contributed by atoms with Gasteiger partial charge in [-0.15, -0.1) is 0 Å². The zero-order valence-electron chi connectivity index (χ0n) is 10.8. The Hall–Kier alpha value is -3.02. The van der Waals surface area contributed by atoms with E-state index in [4.69, 9.17) is 9.15 Å². The average molecular weight is 285 g/mol. The smallest absolute Gasteiger partial charge is 0.355 e. The van der Waals surface area contributed by atoms with Gasteiger partial charge in [-0.25, -0.2) is 9.59 Å². The molecule has 0 radical (unpaired) electrons. The Kier molecular flexibility index (Phi) is 3.19. The fourth-order valence-electron chi connectivity index (χ4n) is 2.02. The number of nitrogens with one attached hydrogen (secondary N) is 1. The lowest BCUT2D eigenvalue weighted by Gasteiger charge is -2.06. The molecule has 3 rings (SSSR count). The highest BCUT2D eigenvalue weighted by atomic mass is 16.5. The minimum Gasteiger partial charge on any atom is -0.508 e. The van der Waals surface area contributed by atoms with E-state index in [1.165, 1.54) is 18.2 Å². The topological polar surface area (TPSA) is 92.5 Å². The van der Waals surface area contributed by atoms with Gasteiger partial charge in [0.15, 0.2) is 0 Å². The van der Waals surface area contributed by atoms with E-state index in [1.54, 1.807) is 24.4 Å². The number of benzene rings is 1. The molecule has 0 aliphatic heterocycles. The Morgan fingerprint density at radius 1 is 1.29 bits per heavy atom. The Morgan fingerprint density at radius 3 is 2.90 bits per heavy atom. The number of hydrogen-bond donors (Lipinski definition) is 2. The summed E-state index contributed by atoms with van der Waals surface area (Å²) in [4.78, 5) is 26.0. The monoisotopic (exact) mass is 285 g/mol. The molecule has 0 spiro atoms. The Morgan fingerprint density at radius 2 is 2.14 bits per heavy atom. The van der Waals surface area contributed by atoms with Crippen molar-refractivity contribution >= 4 is 16.9 Å². The average Bonchev–Trinajstić information content (AvgIpc) is 2.97. The third-order valence-electron chi connectivity index (χ3n) is 2.99. The van der Waals surface area contributed by atoms with Gasteiger partial charge in [0.2, 0.25) is 0 Å². The van der Waals surface area contributed by atoms with Crippen molar-refractivity contribution < 1.29 is 19.1 Å². The summed E-state index contributed by atoms with van der Waals surface area (Å²) in [5, 5.41) is 10.0. The van der Waals surface area contributed by atoms with E-state index >= 15 is 0 Å². The molecule has 0 aliphatic carbocycles. The lowest BCUT2D eigenvalue weighted by atomic mass is 10.1. The highest BCUT2D eigenvalue weighted by Crippen LogP contribution is 2.22. The summed E-state index contributed by atoms with van der Waals surface area (Å²) < 4.78 is 10.2. The molecule has 1 aromatic carbocycles. The first kappa shape index (κ1) is 13.0. The van der Waals surface area contributed by atoms with Crippen molar-refractivity contribution in [1.82, 2.24) is 4.98 Å². The number of phenols is 1. The third kappa shape index (κ3) is 2.64. The van der Waals surface area contributed by atoms with Crippen molar-refractivity contribution in [3.05, 3.63) is 64.3 Å². The number of aromatic hydroxyl groups is 1. The maximum Gasteiger partial charge on any atom is 0.355 e. The van der Waals surface area contributed by atoms with Gasteiger partial charge in [0, 0.05) is 29.3 Å². The number of carbonyl (C=O) groups is 1. The van der Waals surface area contributed by atoms with Gasteiger partial charge in [0.1, 0.15) is 23.6 Å². The van der Waals surface area contributed by atoms with Crippen LogP contribution in [0.5, 0.6) is 5.75 Å². The van der Waals surface area contributed by atoms with Gasteiger partial charge in [0.25, 0.3) is 0 Å². The molecule has 2 heterocycles. The molecule has 6 heteroatoms. The minimum absolute atomic E-state index is 0.00817. The summed E-state index contributed by atoms with van der Waals surface area (Å²) in [6.07, 6.45) is 1.62. The van der Waals surface area contributed by atoms with Gasteiger partial charge in [-0.2, -0.15) is 0 Å². The van der Waals surface area contributed by atoms with Crippen LogP contribution in [-0.2, 0) is 11.3 Å². The number of esters is 1. The second-order valence-electron chi connectivity index (χ2n) is 4.43. The van der Waals surface area contributed by atoms with Crippen LogP contribution >= 0.6 is 0 Å². The van der Waals surface area contributed by atoms with Crippen LogP contribution in [0, 0.1) is 0 Å². The molecule has 2 aromatic heterocycles. The van der Waals surface area contributed by atoms with Gasteiger partial charge in [-0.1, -0.05) is 0 Å². The molecule has 3 aromatic rings. The molecule has 6 nitrogen and oxygen atoms in total. The van der Waals surface area contributed by atoms with E-state index in [2.05, 4.69) is 4.98 Å². The van der Waals surface area contributed by atoms with Crippen molar-refractivity contribution in [3.63, 3.8) is 0 Å². The molecule has 0 fully saturated rings. The molecule has 2 N–H and O–H groups in total. The van der Waals surface area contributed by atoms with E-state index in [-0.39, 0.29) is 17.9 Å². The van der Waals surface area contributed by atoms with Crippen LogP contribution in [0.4, 0.5) is 0 Å². The minimum atomic E-state index is -0.570. The maximum atomic E-state index is 11.8. The maximum absolute atomic E-state index is 11.8. The normalized spacial score (nSPS) is 10.7. The molecular weight excluding hydrogens is 274 g/mol. The first-order valence-electron chi connectivity index (χ1n) is 6.20. The lowest BCUT2D eigenvalue weighted by molar-refractivity contribution is 0.0467. The Balaban J connectivity index is 1.90. The first-order valence-corrected chi connectivity index (χ1v) is 6.20. The predicted molar refractivity (Wildman–Crippen MR) is 74.1 cm³/mol. The molecular formula is C15H11NO5. The van der Waals surface area contributed by atoms with E-state index in [0.717, 1.165) is 0 Å². The Labute approximate surface area is 118 Å². The standard InChI is InChI=1S/C15H11NO5/c17-10-3-4-11-9(6-14(18)21-13(11)7-10)8-20-15(19)12-2-1-5-16-12/h1-7,16-17H,8H2. The van der Waals surface area contributed by atoms with E-state index < -0.39 is 11.6 Å². The van der Waals surface area contributed by atoms with E-state index in [0.29, 0.717) is 16.6 Å². The number of phenolic OH excluding ortho intramolecular Hbond substituents is 1. The van der Waals surface area contributed by atoms with Gasteiger partial charge in [0.05, 0.1) is 0 Å². The van der Waals surface area contributed by atoms with Crippen molar-refractivity contribution in [2.75, 3.05) is 0 Å². The molecule has 0 saturated heterocycles. The summed E-state index contributed by atoms with van der Waals surface area (Å²) in [5.41, 5.74) is 0.522. The molecule has 0 bridgehead atoms. The molecule has 21 heavy (non-hydrogen) atoms. The number of hydrogen-bond acceptors (Lipinski definition) is 5. The quantitative estimate of drug-likeness (QED) is 0.568. The van der Waals surface area contributed by atoms with Crippen molar-refractivity contribution in [2.24, 2.45) is 0 Å². The van der Waals surface area contributed by atoms with Crippen LogP contribution < -0.4 is 5.63 Å². The zero-order valence-corrected chi connectivity index (χ0v) is 10.8. The number of aromatic amines is 1. The summed E-state index contributed by atoms with van der Waals surface area (Å²) in [7, 11) is 0. The number of ether oxygens (including phenoxy) is 1. The predicted octanol–water partition coefficient (Wildman–Crippen LogP) is 2.18. The summed E-state index contributed by atoms with van der Waals surface area (Å²) >= 11 is 0. The summed E-state index contributed by atoms with van der Waals surface area (Å²) in [6.45, 7) is -0.0648. The van der Waals surface area contributed by atoms with Crippen LogP contribution in [0.25, 0.3) is 11.0 Å². The van der Waals surface area contributed by atoms with Crippen LogP contribution in [0.15, 0.2) is 51.8 Å². The molecule has 0 atom stereocenters. The van der Waals surface area contributed by atoms with Crippen molar-refractivity contribution in [3.8, 4) is 5.75 Å². The van der Waals surface area contributed by atoms with Crippen LogP contribution in [0.3, 0.4) is 0 Å². The van der Waals surface area contributed by atoms with Crippen molar-refractivity contribution in [1.29, 1.82) is 0 Å². The fraction of sp³-hybridized carbons (Fsp3) is 0.0667. The number of fused-ring (bicyclic) bond motifs is 1. The van der Waals surface area contributed by atoms with Crippen LogP contribution in [0.1, 0.15) is 16.1 Å². The van der Waals surface area contributed by atoms with Gasteiger partial charge in [-0.05, 0) is 24.3 Å². The molecule has 0 saturated carbocycles. The SMILES string of the molecule is O=C(OCc1cc(=O)oc2cc(O)ccc12)c1ccc[nH]1. The van der Waals surface area contributed by atoms with Crippen LogP contribution in [-0.4, -0.2) is 16.1 Å². The second kappa shape index (κ2) is 5.16. The zero-order chi connectivity index (χ0) is 14.8. The lowest BCUT2D eigenvalue weighted by Crippen LogP contribution is -2.08. The van der Waals surface area contributed by atoms with Crippen LogP contribution in [0.2, 0.25) is 0 Å². The highest BCUT2D eigenvalue weighted by Gasteiger charge is 2.11. The fourth-order valence-corrected chi connectivity index (χ4v) is 2.02. The summed E-state index contributed by atoms with van der Waals surface area (Å²) in [5.74, 6) is -0.522. The second-order valence-corrected chi connectivity index (χ2v) is 4.43. The number of carbonyl (C=O) groups excluding carboxylic acids is 1. The molecule has 0 amide bonds. The molecule has 106 valence electrons. The Bertz CT molecular complexity index is 848. The summed E-state index contributed by atoms with van der Waals surface area (Å²) in [6, 6.07) is 8.96. The number of H-pyrrole nitrogens is 1. The highest BCUT2D eigenvalue weighted by molar-refractivity contribution is 5.87.